The second-order valence-corrected chi connectivity index (χ2v) is 2.92. The zero-order valence-corrected chi connectivity index (χ0v) is 8.17. The largest absolute Gasteiger partial charge is 0.394 e. The van der Waals surface area contributed by atoms with Gasteiger partial charge in [-0.3, -0.25) is 19.4 Å². The molecule has 0 amide bonds. The first-order chi connectivity index (χ1) is 6.06. The Morgan fingerprint density at radius 1 is 1.77 bits per heavy atom. The third-order valence-electron chi connectivity index (χ3n) is 1.82. The minimum atomic E-state index is -0.508. The number of aromatic amines is 1. The van der Waals surface area contributed by atoms with E-state index in [0.29, 0.717) is 5.69 Å². The second-order valence-electron chi connectivity index (χ2n) is 2.74. The van der Waals surface area contributed by atoms with Crippen LogP contribution in [0.5, 0.6) is 0 Å². The minimum Gasteiger partial charge on any atom is -0.394 e. The summed E-state index contributed by atoms with van der Waals surface area (Å²) in [5.41, 5.74) is 0.334. The summed E-state index contributed by atoms with van der Waals surface area (Å²) in [4.78, 5) is 22.0. The van der Waals surface area contributed by atoms with Crippen molar-refractivity contribution in [3.8, 4) is 0 Å². The van der Waals surface area contributed by atoms with E-state index in [1.807, 2.05) is 0 Å². The maximum atomic E-state index is 11.0. The van der Waals surface area contributed by atoms with E-state index in [1.54, 1.807) is 14.0 Å². The number of nitrogens with one attached hydrogen (secondary N) is 1. The van der Waals surface area contributed by atoms with Crippen LogP contribution >= 0.6 is 12.9 Å². The number of thiol groups is 1. The lowest BCUT2D eigenvalue weighted by Gasteiger charge is -2.04. The van der Waals surface area contributed by atoms with E-state index in [4.69, 9.17) is 0 Å². The fraction of sp³-hybridized carbons (Fsp3) is 0.429. The van der Waals surface area contributed by atoms with Crippen molar-refractivity contribution in [1.29, 1.82) is 0 Å². The fourth-order valence-electron chi connectivity index (χ4n) is 0.939. The molecule has 1 rings (SSSR count). The standard InChI is InChI=1S/C7H10N2O3S/c1-4(7(11)12-13)5-3-6(10)9(2)8-5/h3-4,8,13H,1-2H3. The summed E-state index contributed by atoms with van der Waals surface area (Å²) in [5, 5.41) is 2.73. The van der Waals surface area contributed by atoms with Crippen molar-refractivity contribution in [1.82, 2.24) is 9.78 Å². The van der Waals surface area contributed by atoms with Gasteiger partial charge in [0, 0.05) is 26.0 Å². The molecular weight excluding hydrogens is 192 g/mol. The molecule has 13 heavy (non-hydrogen) atoms. The van der Waals surface area contributed by atoms with E-state index in [2.05, 4.69) is 22.2 Å². The van der Waals surface area contributed by atoms with Crippen LogP contribution < -0.4 is 5.56 Å². The van der Waals surface area contributed by atoms with E-state index >= 15 is 0 Å². The van der Waals surface area contributed by atoms with E-state index in [-0.39, 0.29) is 5.56 Å². The molecule has 0 bridgehead atoms. The number of H-pyrrole nitrogens is 1. The first-order valence-corrected chi connectivity index (χ1v) is 4.04. The number of hydrogen-bond acceptors (Lipinski definition) is 4. The van der Waals surface area contributed by atoms with Gasteiger partial charge in [0.25, 0.3) is 5.56 Å². The molecule has 0 radical (unpaired) electrons. The molecule has 1 aromatic heterocycles. The summed E-state index contributed by atoms with van der Waals surface area (Å²) < 4.78 is 5.53. The molecule has 5 nitrogen and oxygen atoms in total. The molecule has 72 valence electrons. The molecule has 0 aromatic carbocycles. The van der Waals surface area contributed by atoms with Crippen LogP contribution in [0.1, 0.15) is 18.5 Å². The normalized spacial score (nSPS) is 12.5. The van der Waals surface area contributed by atoms with Crippen molar-refractivity contribution in [3.63, 3.8) is 0 Å². The Morgan fingerprint density at radius 2 is 2.38 bits per heavy atom. The van der Waals surface area contributed by atoms with Crippen molar-refractivity contribution < 1.29 is 8.98 Å². The first kappa shape index (κ1) is 9.91. The quantitative estimate of drug-likeness (QED) is 0.532. The smallest absolute Gasteiger partial charge is 0.326 e. The topological polar surface area (TPSA) is 64.1 Å². The van der Waals surface area contributed by atoms with Crippen LogP contribution in [0.3, 0.4) is 0 Å². The zero-order chi connectivity index (χ0) is 10.0. The highest BCUT2D eigenvalue weighted by Gasteiger charge is 2.18. The van der Waals surface area contributed by atoms with Gasteiger partial charge in [0.2, 0.25) is 0 Å². The number of nitrogens with zero attached hydrogens (tertiary/aromatic N) is 1. The van der Waals surface area contributed by atoms with Gasteiger partial charge in [-0.2, -0.15) is 0 Å². The summed E-state index contributed by atoms with van der Waals surface area (Å²) in [6, 6.07) is 1.36. The van der Waals surface area contributed by atoms with Crippen LogP contribution in [0.2, 0.25) is 0 Å². The summed E-state index contributed by atoms with van der Waals surface area (Å²) in [6.45, 7) is 1.63. The summed E-state index contributed by atoms with van der Waals surface area (Å²) in [6.07, 6.45) is 0. The first-order valence-electron chi connectivity index (χ1n) is 3.67. The molecule has 0 saturated carbocycles. The van der Waals surface area contributed by atoms with Crippen LogP contribution in [-0.2, 0) is 16.0 Å². The predicted molar refractivity (Wildman–Crippen MR) is 49.5 cm³/mol. The average molecular weight is 202 g/mol. The maximum absolute atomic E-state index is 11.0. The Morgan fingerprint density at radius 3 is 2.77 bits per heavy atom. The average Bonchev–Trinajstić information content (AvgIpc) is 2.44. The van der Waals surface area contributed by atoms with Gasteiger partial charge < -0.3 is 4.18 Å². The van der Waals surface area contributed by atoms with Gasteiger partial charge in [-0.05, 0) is 6.92 Å². The molecular formula is C7H10N2O3S. The molecule has 0 aliphatic carbocycles. The Balaban J connectivity index is 2.95. The molecule has 0 spiro atoms. The number of hydrogen-bond donors (Lipinski definition) is 2. The fourth-order valence-corrected chi connectivity index (χ4v) is 1.10. The van der Waals surface area contributed by atoms with Crippen LogP contribution in [-0.4, -0.2) is 15.7 Å². The van der Waals surface area contributed by atoms with Gasteiger partial charge in [0.05, 0.1) is 11.6 Å². The molecule has 6 heteroatoms. The third kappa shape index (κ3) is 1.95. The molecule has 1 atom stereocenters. The summed E-state index contributed by atoms with van der Waals surface area (Å²) in [7, 11) is 1.57. The van der Waals surface area contributed by atoms with Crippen molar-refractivity contribution in [3.05, 3.63) is 22.1 Å². The van der Waals surface area contributed by atoms with Gasteiger partial charge in [0.1, 0.15) is 0 Å². The van der Waals surface area contributed by atoms with Crippen LogP contribution in [0.25, 0.3) is 0 Å². The molecule has 1 unspecified atom stereocenters. The zero-order valence-electron chi connectivity index (χ0n) is 7.27. The molecule has 0 fully saturated rings. The highest BCUT2D eigenvalue weighted by atomic mass is 32.1. The van der Waals surface area contributed by atoms with Crippen LogP contribution in [0.15, 0.2) is 10.9 Å². The lowest BCUT2D eigenvalue weighted by Crippen LogP contribution is -2.10. The Bertz CT molecular complexity index is 368. The van der Waals surface area contributed by atoms with Gasteiger partial charge in [-0.15, -0.1) is 0 Å². The van der Waals surface area contributed by atoms with Crippen molar-refractivity contribution in [2.75, 3.05) is 0 Å². The van der Waals surface area contributed by atoms with E-state index in [0.717, 1.165) is 0 Å². The molecule has 0 aliphatic rings. The number of aromatic nitrogens is 2. The van der Waals surface area contributed by atoms with Gasteiger partial charge in [0.15, 0.2) is 0 Å². The number of aryl methyl sites for hydroxylation is 1. The minimum absolute atomic E-state index is 0.186. The lowest BCUT2D eigenvalue weighted by molar-refractivity contribution is -0.134. The highest BCUT2D eigenvalue weighted by molar-refractivity contribution is 7.75. The van der Waals surface area contributed by atoms with E-state index < -0.39 is 11.9 Å². The molecule has 0 aliphatic heterocycles. The van der Waals surface area contributed by atoms with Crippen molar-refractivity contribution in [2.45, 2.75) is 12.8 Å². The number of rotatable bonds is 2. The van der Waals surface area contributed by atoms with Gasteiger partial charge in [-0.25, -0.2) is 0 Å². The van der Waals surface area contributed by atoms with Gasteiger partial charge >= 0.3 is 5.97 Å². The molecule has 1 aromatic rings. The monoisotopic (exact) mass is 202 g/mol. The molecule has 1 N–H and O–H groups in total. The SMILES string of the molecule is CC(C(=O)OS)c1cc(=O)n(C)[nH]1. The van der Waals surface area contributed by atoms with Crippen LogP contribution in [0.4, 0.5) is 0 Å². The lowest BCUT2D eigenvalue weighted by atomic mass is 10.1. The Kier molecular flexibility index (Phi) is 2.82. The summed E-state index contributed by atoms with van der Waals surface area (Å²) in [5.74, 6) is -1.00. The Labute approximate surface area is 80.3 Å². The van der Waals surface area contributed by atoms with E-state index in [9.17, 15) is 9.59 Å². The van der Waals surface area contributed by atoms with Crippen LogP contribution in [0, 0.1) is 0 Å². The van der Waals surface area contributed by atoms with E-state index in [1.165, 1.54) is 10.7 Å². The third-order valence-corrected chi connectivity index (χ3v) is 2.00. The second kappa shape index (κ2) is 3.69. The maximum Gasteiger partial charge on any atom is 0.326 e. The molecule has 1 heterocycles. The summed E-state index contributed by atoms with van der Waals surface area (Å²) >= 11 is 3.39. The number of carbonyl (C=O) groups excluding carboxylic acids is 1. The number of carbonyl (C=O) groups is 1. The predicted octanol–water partition coefficient (Wildman–Crippen LogP) is 0.205. The van der Waals surface area contributed by atoms with Gasteiger partial charge in [-0.1, -0.05) is 0 Å². The molecule has 0 saturated heterocycles. The highest BCUT2D eigenvalue weighted by Crippen LogP contribution is 2.12. The van der Waals surface area contributed by atoms with Crippen molar-refractivity contribution >= 4 is 18.9 Å². The Hall–Kier alpha value is -1.17. The van der Waals surface area contributed by atoms with Crippen molar-refractivity contribution in [2.24, 2.45) is 7.05 Å².